The highest BCUT2D eigenvalue weighted by molar-refractivity contribution is 5.79. The van der Waals surface area contributed by atoms with E-state index in [1.807, 2.05) is 0 Å². The molecule has 4 unspecified atom stereocenters. The number of carbonyl (C=O) groups is 1. The Labute approximate surface area is 123 Å². The number of nitrogens with zero attached hydrogens (tertiary/aromatic N) is 2. The molecule has 0 saturated carbocycles. The molecule has 2 saturated heterocycles. The molecule has 116 valence electrons. The molecule has 0 spiro atoms. The Morgan fingerprint density at radius 3 is 2.35 bits per heavy atom. The number of nitrogens with two attached hydrogens (primary N) is 1. The summed E-state index contributed by atoms with van der Waals surface area (Å²) in [4.78, 5) is 17.1. The molecule has 1 amide bonds. The van der Waals surface area contributed by atoms with Gasteiger partial charge in [-0.15, -0.1) is 0 Å². The van der Waals surface area contributed by atoms with E-state index >= 15 is 0 Å². The summed E-state index contributed by atoms with van der Waals surface area (Å²) in [7, 11) is 0. The van der Waals surface area contributed by atoms with E-state index in [1.165, 1.54) is 19.3 Å². The highest BCUT2D eigenvalue weighted by atomic mass is 16.2. The molecule has 0 aromatic rings. The molecule has 0 bridgehead atoms. The molecule has 0 aliphatic carbocycles. The quantitative estimate of drug-likeness (QED) is 0.858. The van der Waals surface area contributed by atoms with Gasteiger partial charge in [0.15, 0.2) is 0 Å². The van der Waals surface area contributed by atoms with Crippen molar-refractivity contribution >= 4 is 5.91 Å². The molecule has 2 aliphatic heterocycles. The molecule has 4 nitrogen and oxygen atoms in total. The standard InChI is InChI=1S/C16H31N3O/c1-12-6-5-9-18(15(12)10-17)11-16(20)19-13(2)7-4-8-14(19)3/h12-15H,4-11,17H2,1-3H3. The fourth-order valence-corrected chi connectivity index (χ4v) is 4.08. The van der Waals surface area contributed by atoms with Gasteiger partial charge < -0.3 is 10.6 Å². The second-order valence-corrected chi connectivity index (χ2v) is 6.82. The van der Waals surface area contributed by atoms with Crippen LogP contribution in [0.2, 0.25) is 0 Å². The third-order valence-electron chi connectivity index (χ3n) is 5.29. The van der Waals surface area contributed by atoms with Gasteiger partial charge in [-0.05, 0) is 58.4 Å². The Morgan fingerprint density at radius 1 is 1.10 bits per heavy atom. The maximum absolute atomic E-state index is 12.7. The molecular weight excluding hydrogens is 250 g/mol. The SMILES string of the molecule is CC1CCCN(CC(=O)N2C(C)CCCC2C)C1CN. The maximum Gasteiger partial charge on any atom is 0.237 e. The van der Waals surface area contributed by atoms with Crippen LogP contribution in [0, 0.1) is 5.92 Å². The summed E-state index contributed by atoms with van der Waals surface area (Å²) < 4.78 is 0. The Balaban J connectivity index is 1.98. The van der Waals surface area contributed by atoms with E-state index in [-0.39, 0.29) is 0 Å². The molecule has 2 N–H and O–H groups in total. The van der Waals surface area contributed by atoms with Crippen molar-refractivity contribution in [3.63, 3.8) is 0 Å². The van der Waals surface area contributed by atoms with Gasteiger partial charge >= 0.3 is 0 Å². The van der Waals surface area contributed by atoms with Crippen LogP contribution in [0.25, 0.3) is 0 Å². The lowest BCUT2D eigenvalue weighted by molar-refractivity contribution is -0.139. The van der Waals surface area contributed by atoms with E-state index in [0.29, 0.717) is 43.0 Å². The lowest BCUT2D eigenvalue weighted by Crippen LogP contribution is -2.55. The molecule has 0 radical (unpaired) electrons. The molecule has 2 rings (SSSR count). The molecule has 4 heteroatoms. The number of hydrogen-bond acceptors (Lipinski definition) is 3. The summed E-state index contributed by atoms with van der Waals surface area (Å²) in [5.41, 5.74) is 5.93. The first-order valence-electron chi connectivity index (χ1n) is 8.29. The van der Waals surface area contributed by atoms with Crippen molar-refractivity contribution in [1.29, 1.82) is 0 Å². The van der Waals surface area contributed by atoms with Gasteiger partial charge in [0.1, 0.15) is 0 Å². The number of hydrogen-bond donors (Lipinski definition) is 1. The summed E-state index contributed by atoms with van der Waals surface area (Å²) in [5, 5.41) is 0. The number of rotatable bonds is 3. The normalized spacial score (nSPS) is 36.1. The third kappa shape index (κ3) is 3.34. The number of likely N-dealkylation sites (tertiary alicyclic amines) is 2. The van der Waals surface area contributed by atoms with Crippen molar-refractivity contribution in [3.8, 4) is 0 Å². The van der Waals surface area contributed by atoms with Crippen molar-refractivity contribution < 1.29 is 4.79 Å². The lowest BCUT2D eigenvalue weighted by atomic mass is 9.90. The van der Waals surface area contributed by atoms with Crippen LogP contribution in [-0.4, -0.2) is 53.5 Å². The van der Waals surface area contributed by atoms with E-state index in [9.17, 15) is 4.79 Å². The van der Waals surface area contributed by atoms with Gasteiger partial charge in [0, 0.05) is 24.7 Å². The van der Waals surface area contributed by atoms with Crippen LogP contribution in [0.1, 0.15) is 52.9 Å². The summed E-state index contributed by atoms with van der Waals surface area (Å²) in [6, 6.07) is 1.16. The van der Waals surface area contributed by atoms with Gasteiger partial charge in [-0.2, -0.15) is 0 Å². The molecule has 20 heavy (non-hydrogen) atoms. The van der Waals surface area contributed by atoms with E-state index in [4.69, 9.17) is 5.73 Å². The molecule has 2 heterocycles. The minimum Gasteiger partial charge on any atom is -0.336 e. The van der Waals surface area contributed by atoms with Gasteiger partial charge in [-0.25, -0.2) is 0 Å². The minimum atomic E-state index is 0.303. The van der Waals surface area contributed by atoms with Gasteiger partial charge in [0.05, 0.1) is 6.54 Å². The number of carbonyl (C=O) groups excluding carboxylic acids is 1. The minimum absolute atomic E-state index is 0.303. The van der Waals surface area contributed by atoms with Crippen molar-refractivity contribution in [3.05, 3.63) is 0 Å². The Kier molecular flexibility index (Phi) is 5.44. The Hall–Kier alpha value is -0.610. The summed E-state index contributed by atoms with van der Waals surface area (Å²) in [6.07, 6.45) is 5.97. The summed E-state index contributed by atoms with van der Waals surface area (Å²) in [6.45, 7) is 8.88. The predicted octanol–water partition coefficient (Wildman–Crippen LogP) is 1.84. The second kappa shape index (κ2) is 6.90. The van der Waals surface area contributed by atoms with Gasteiger partial charge in [0.25, 0.3) is 0 Å². The highest BCUT2D eigenvalue weighted by Gasteiger charge is 2.33. The van der Waals surface area contributed by atoms with Crippen LogP contribution < -0.4 is 5.73 Å². The zero-order valence-corrected chi connectivity index (χ0v) is 13.3. The van der Waals surface area contributed by atoms with Gasteiger partial charge in [0.2, 0.25) is 5.91 Å². The first kappa shape index (κ1) is 15.8. The molecule has 0 aromatic carbocycles. The van der Waals surface area contributed by atoms with Crippen molar-refractivity contribution in [2.24, 2.45) is 11.7 Å². The van der Waals surface area contributed by atoms with Crippen LogP contribution in [-0.2, 0) is 4.79 Å². The van der Waals surface area contributed by atoms with Crippen molar-refractivity contribution in [2.75, 3.05) is 19.6 Å². The molecule has 2 fully saturated rings. The average Bonchev–Trinajstić information content (AvgIpc) is 2.38. The van der Waals surface area contributed by atoms with E-state index < -0.39 is 0 Å². The average molecular weight is 281 g/mol. The van der Waals surface area contributed by atoms with Crippen LogP contribution >= 0.6 is 0 Å². The largest absolute Gasteiger partial charge is 0.336 e. The molecule has 2 aliphatic rings. The van der Waals surface area contributed by atoms with E-state index in [1.54, 1.807) is 0 Å². The van der Waals surface area contributed by atoms with E-state index in [0.717, 1.165) is 19.4 Å². The molecule has 0 aromatic heterocycles. The molecule has 4 atom stereocenters. The van der Waals surface area contributed by atoms with Crippen LogP contribution in [0.4, 0.5) is 0 Å². The highest BCUT2D eigenvalue weighted by Crippen LogP contribution is 2.25. The first-order valence-corrected chi connectivity index (χ1v) is 8.29. The van der Waals surface area contributed by atoms with Gasteiger partial charge in [-0.3, -0.25) is 9.69 Å². The Morgan fingerprint density at radius 2 is 1.75 bits per heavy atom. The van der Waals surface area contributed by atoms with Crippen LogP contribution in [0.3, 0.4) is 0 Å². The number of amides is 1. The Bertz CT molecular complexity index is 324. The van der Waals surface area contributed by atoms with Crippen LogP contribution in [0.5, 0.6) is 0 Å². The predicted molar refractivity (Wildman–Crippen MR) is 82.4 cm³/mol. The number of piperidine rings is 2. The van der Waals surface area contributed by atoms with Gasteiger partial charge in [-0.1, -0.05) is 6.92 Å². The van der Waals surface area contributed by atoms with E-state index in [2.05, 4.69) is 30.6 Å². The summed E-state index contributed by atoms with van der Waals surface area (Å²) in [5.74, 6) is 0.912. The second-order valence-electron chi connectivity index (χ2n) is 6.82. The zero-order chi connectivity index (χ0) is 14.7. The van der Waals surface area contributed by atoms with Crippen LogP contribution in [0.15, 0.2) is 0 Å². The topological polar surface area (TPSA) is 49.6 Å². The maximum atomic E-state index is 12.7. The smallest absolute Gasteiger partial charge is 0.237 e. The first-order chi connectivity index (χ1) is 9.54. The zero-order valence-electron chi connectivity index (χ0n) is 13.3. The molecular formula is C16H31N3O. The summed E-state index contributed by atoms with van der Waals surface area (Å²) >= 11 is 0. The monoisotopic (exact) mass is 281 g/mol. The van der Waals surface area contributed by atoms with Crippen molar-refractivity contribution in [2.45, 2.75) is 71.0 Å². The van der Waals surface area contributed by atoms with Crippen molar-refractivity contribution in [1.82, 2.24) is 9.80 Å². The fraction of sp³-hybridized carbons (Fsp3) is 0.938. The fourth-order valence-electron chi connectivity index (χ4n) is 4.08. The lowest BCUT2D eigenvalue weighted by Gasteiger charge is -2.43. The third-order valence-corrected chi connectivity index (χ3v) is 5.29.